The highest BCUT2D eigenvalue weighted by atomic mass is 32.1. The fraction of sp³-hybridized carbons (Fsp3) is 0. The summed E-state index contributed by atoms with van der Waals surface area (Å²) in [5, 5.41) is 1.98. The van der Waals surface area contributed by atoms with Crippen LogP contribution in [0, 0.1) is 0 Å². The Morgan fingerprint density at radius 1 is 0.289 bits per heavy atom. The lowest BCUT2D eigenvalue weighted by Gasteiger charge is -2.33. The number of hydrogen-bond donors (Lipinski definition) is 0. The van der Waals surface area contributed by atoms with Crippen LogP contribution in [-0.2, 0) is 0 Å². The Labute approximate surface area is 447 Å². The minimum atomic E-state index is 0.816. The van der Waals surface area contributed by atoms with Crippen LogP contribution in [0.1, 0.15) is 0 Å². The van der Waals surface area contributed by atoms with Crippen molar-refractivity contribution in [3.63, 3.8) is 0 Å². The molecule has 358 valence electrons. The third-order valence-corrected chi connectivity index (χ3v) is 16.5. The largest absolute Gasteiger partial charge is 0.453 e. The maximum atomic E-state index is 6.44. The molecule has 0 spiro atoms. The summed E-state index contributed by atoms with van der Waals surface area (Å²) in [5.41, 5.74) is 19.0. The molecule has 6 nitrogen and oxygen atoms in total. The van der Waals surface area contributed by atoms with Crippen LogP contribution in [-0.4, -0.2) is 9.97 Å². The number of anilines is 6. The van der Waals surface area contributed by atoms with Crippen LogP contribution in [0.25, 0.3) is 86.1 Å². The molecule has 76 heavy (non-hydrogen) atoms. The van der Waals surface area contributed by atoms with Gasteiger partial charge in [0.15, 0.2) is 23.0 Å². The molecular formula is C68H42N4O2S2. The molecule has 0 bridgehead atoms. The molecule has 0 fully saturated rings. The SMILES string of the molecule is c1cc(-c2nc3ccccc3s2)cc(-c2ccc(-c3ccc(N4c5ccccc5Oc5ccccc54)cc3)c(-c3ccc(N4c5ccccc5Oc5ccccc54)cc3)c2-c2cccc(-c3nc4ccccc4s3)c2)c1. The van der Waals surface area contributed by atoms with Crippen LogP contribution >= 0.6 is 22.7 Å². The van der Waals surface area contributed by atoms with Crippen molar-refractivity contribution in [2.75, 3.05) is 9.80 Å². The second-order valence-electron chi connectivity index (χ2n) is 18.9. The van der Waals surface area contributed by atoms with E-state index in [-0.39, 0.29) is 0 Å². The van der Waals surface area contributed by atoms with Crippen molar-refractivity contribution >= 4 is 77.2 Å². The van der Waals surface area contributed by atoms with Gasteiger partial charge in [0.05, 0.1) is 43.2 Å². The topological polar surface area (TPSA) is 50.7 Å². The average Bonchev–Trinajstić information content (AvgIpc) is 4.18. The van der Waals surface area contributed by atoms with E-state index in [4.69, 9.17) is 19.4 Å². The molecular weight excluding hydrogens is 969 g/mol. The highest BCUT2D eigenvalue weighted by molar-refractivity contribution is 7.22. The van der Waals surface area contributed by atoms with Gasteiger partial charge in [-0.05, 0) is 154 Å². The summed E-state index contributed by atoms with van der Waals surface area (Å²) >= 11 is 3.45. The summed E-state index contributed by atoms with van der Waals surface area (Å²) in [4.78, 5) is 14.9. The minimum absolute atomic E-state index is 0.816. The van der Waals surface area contributed by atoms with Crippen LogP contribution in [0.4, 0.5) is 34.1 Å². The zero-order valence-electron chi connectivity index (χ0n) is 40.7. The third-order valence-electron chi connectivity index (χ3n) is 14.3. The Bertz CT molecular complexity index is 4230. The quantitative estimate of drug-likeness (QED) is 0.151. The Morgan fingerprint density at radius 2 is 0.658 bits per heavy atom. The van der Waals surface area contributed by atoms with Gasteiger partial charge in [-0.15, -0.1) is 22.7 Å². The second-order valence-corrected chi connectivity index (χ2v) is 20.9. The van der Waals surface area contributed by atoms with Gasteiger partial charge in [-0.1, -0.05) is 146 Å². The lowest BCUT2D eigenvalue weighted by molar-refractivity contribution is 0.477. The summed E-state index contributed by atoms with van der Waals surface area (Å²) in [6.45, 7) is 0. The molecule has 0 atom stereocenters. The van der Waals surface area contributed by atoms with Gasteiger partial charge in [-0.25, -0.2) is 9.97 Å². The van der Waals surface area contributed by atoms with Crippen molar-refractivity contribution in [1.82, 2.24) is 9.97 Å². The maximum Gasteiger partial charge on any atom is 0.151 e. The molecule has 13 aromatic rings. The molecule has 0 N–H and O–H groups in total. The summed E-state index contributed by atoms with van der Waals surface area (Å²) in [5.74, 6) is 3.27. The van der Waals surface area contributed by atoms with Crippen molar-refractivity contribution in [3.05, 3.63) is 255 Å². The second kappa shape index (κ2) is 18.1. The molecule has 2 aliphatic rings. The zero-order chi connectivity index (χ0) is 50.1. The van der Waals surface area contributed by atoms with Crippen LogP contribution in [0.3, 0.4) is 0 Å². The van der Waals surface area contributed by atoms with Gasteiger partial charge in [-0.2, -0.15) is 0 Å². The summed E-state index contributed by atoms with van der Waals surface area (Å²) in [6.07, 6.45) is 0. The summed E-state index contributed by atoms with van der Waals surface area (Å²) < 4.78 is 15.2. The Morgan fingerprint density at radius 3 is 1.13 bits per heavy atom. The first-order valence-corrected chi connectivity index (χ1v) is 26.9. The van der Waals surface area contributed by atoms with E-state index in [1.807, 2.05) is 48.5 Å². The molecule has 11 aromatic carbocycles. The minimum Gasteiger partial charge on any atom is -0.453 e. The van der Waals surface area contributed by atoms with Crippen molar-refractivity contribution in [2.45, 2.75) is 0 Å². The Hall–Kier alpha value is -9.60. The Balaban J connectivity index is 0.950. The van der Waals surface area contributed by atoms with Gasteiger partial charge >= 0.3 is 0 Å². The van der Waals surface area contributed by atoms with Gasteiger partial charge in [0, 0.05) is 22.5 Å². The smallest absolute Gasteiger partial charge is 0.151 e. The molecule has 0 aliphatic carbocycles. The van der Waals surface area contributed by atoms with E-state index in [9.17, 15) is 0 Å². The van der Waals surface area contributed by atoms with Crippen LogP contribution in [0.5, 0.6) is 23.0 Å². The predicted molar refractivity (Wildman–Crippen MR) is 315 cm³/mol. The fourth-order valence-electron chi connectivity index (χ4n) is 10.8. The van der Waals surface area contributed by atoms with Crippen molar-refractivity contribution < 1.29 is 9.47 Å². The number of para-hydroxylation sites is 10. The molecule has 8 heteroatoms. The van der Waals surface area contributed by atoms with Gasteiger partial charge in [0.1, 0.15) is 10.0 Å². The van der Waals surface area contributed by atoms with Gasteiger partial charge in [0.2, 0.25) is 0 Å². The van der Waals surface area contributed by atoms with E-state index in [1.54, 1.807) is 22.7 Å². The van der Waals surface area contributed by atoms with Crippen molar-refractivity contribution in [3.8, 4) is 88.6 Å². The molecule has 4 heterocycles. The molecule has 0 saturated heterocycles. The third kappa shape index (κ3) is 7.53. The van der Waals surface area contributed by atoms with Gasteiger partial charge in [-0.3, -0.25) is 0 Å². The first-order chi connectivity index (χ1) is 37.6. The van der Waals surface area contributed by atoms with Crippen LogP contribution in [0.15, 0.2) is 255 Å². The normalized spacial score (nSPS) is 12.4. The predicted octanol–water partition coefficient (Wildman–Crippen LogP) is 20.1. The van der Waals surface area contributed by atoms with E-state index in [0.717, 1.165) is 139 Å². The van der Waals surface area contributed by atoms with Crippen molar-refractivity contribution in [1.29, 1.82) is 0 Å². The first kappa shape index (κ1) is 43.9. The Kier molecular flexibility index (Phi) is 10.5. The van der Waals surface area contributed by atoms with Crippen molar-refractivity contribution in [2.24, 2.45) is 0 Å². The number of nitrogens with zero attached hydrogens (tertiary/aromatic N) is 4. The van der Waals surface area contributed by atoms with E-state index in [1.165, 1.54) is 4.70 Å². The standard InChI is InChI=1S/C68H42N4O2S2/c1-11-29-63-53(19-1)69-67(75-63)47-17-13-15-45(41-47)52-40-39-51(43-31-35-49(36-32-43)71-55-21-3-7-25-59(55)73-60-26-8-4-22-56(60)71)65(66(52)46-16-14-18-48(42-46)68-70-54-20-2-12-30-64(54)76-68)44-33-37-50(38-34-44)72-57-23-5-9-27-61(57)74-62-28-10-6-24-58(62)72/h1-42H. The molecule has 0 amide bonds. The van der Waals surface area contributed by atoms with E-state index < -0.39 is 0 Å². The highest BCUT2D eigenvalue weighted by Gasteiger charge is 2.28. The maximum absolute atomic E-state index is 6.44. The number of benzene rings is 11. The first-order valence-electron chi connectivity index (χ1n) is 25.3. The lowest BCUT2D eigenvalue weighted by atomic mass is 9.82. The van der Waals surface area contributed by atoms with E-state index >= 15 is 0 Å². The number of hydrogen-bond acceptors (Lipinski definition) is 8. The monoisotopic (exact) mass is 1010 g/mol. The number of aromatic nitrogens is 2. The summed E-state index contributed by atoms with van der Waals surface area (Å²) in [7, 11) is 0. The average molecular weight is 1010 g/mol. The molecule has 2 aromatic heterocycles. The number of fused-ring (bicyclic) bond motifs is 6. The van der Waals surface area contributed by atoms with Crippen LogP contribution < -0.4 is 19.3 Å². The van der Waals surface area contributed by atoms with E-state index in [2.05, 4.69) is 216 Å². The number of rotatable bonds is 8. The lowest BCUT2D eigenvalue weighted by Crippen LogP contribution is -2.15. The molecule has 0 radical (unpaired) electrons. The highest BCUT2D eigenvalue weighted by Crippen LogP contribution is 2.54. The fourth-order valence-corrected chi connectivity index (χ4v) is 12.8. The molecule has 0 unspecified atom stereocenters. The van der Waals surface area contributed by atoms with Gasteiger partial charge < -0.3 is 19.3 Å². The number of thiazole rings is 2. The molecule has 0 saturated carbocycles. The number of ether oxygens (including phenoxy) is 2. The molecule has 15 rings (SSSR count). The molecule has 2 aliphatic heterocycles. The van der Waals surface area contributed by atoms with Gasteiger partial charge in [0.25, 0.3) is 0 Å². The summed E-state index contributed by atoms with van der Waals surface area (Å²) in [6, 6.07) is 90.2. The van der Waals surface area contributed by atoms with Crippen LogP contribution in [0.2, 0.25) is 0 Å². The zero-order valence-corrected chi connectivity index (χ0v) is 42.3. The van der Waals surface area contributed by atoms with E-state index in [0.29, 0.717) is 0 Å².